The number of anilines is 2. The summed E-state index contributed by atoms with van der Waals surface area (Å²) in [5.74, 6) is -0.356. The summed E-state index contributed by atoms with van der Waals surface area (Å²) < 4.78 is 4.67. The van der Waals surface area contributed by atoms with Crippen LogP contribution in [0.25, 0.3) is 0 Å². The molecule has 0 spiro atoms. The van der Waals surface area contributed by atoms with Crippen molar-refractivity contribution in [1.82, 2.24) is 0 Å². The molecule has 0 amide bonds. The van der Waals surface area contributed by atoms with Crippen LogP contribution >= 0.6 is 12.2 Å². The van der Waals surface area contributed by atoms with Gasteiger partial charge in [0, 0.05) is 11.4 Å². The van der Waals surface area contributed by atoms with Crippen LogP contribution in [0.3, 0.4) is 0 Å². The maximum absolute atomic E-state index is 11.4. The first kappa shape index (κ1) is 17.9. The lowest BCUT2D eigenvalue weighted by Crippen LogP contribution is -2.19. The van der Waals surface area contributed by atoms with E-state index in [1.54, 1.807) is 24.3 Å². The molecule has 126 valence electrons. The molecular weight excluding hydrogens is 320 g/mol. The van der Waals surface area contributed by atoms with Crippen LogP contribution in [0.5, 0.6) is 0 Å². The predicted molar refractivity (Wildman–Crippen MR) is 103 cm³/mol. The Morgan fingerprint density at radius 1 is 1.00 bits per heavy atom. The van der Waals surface area contributed by atoms with Crippen molar-refractivity contribution in [2.45, 2.75) is 26.2 Å². The van der Waals surface area contributed by atoms with E-state index in [0.717, 1.165) is 17.8 Å². The number of nitrogens with one attached hydrogen (secondary N) is 2. The highest BCUT2D eigenvalue weighted by Crippen LogP contribution is 2.14. The largest absolute Gasteiger partial charge is 0.465 e. The van der Waals surface area contributed by atoms with Gasteiger partial charge in [-0.2, -0.15) is 0 Å². The molecule has 2 aromatic carbocycles. The summed E-state index contributed by atoms with van der Waals surface area (Å²) in [6.45, 7) is 2.19. The van der Waals surface area contributed by atoms with Crippen LogP contribution in [0.1, 0.15) is 35.7 Å². The van der Waals surface area contributed by atoms with Crippen molar-refractivity contribution in [3.05, 3.63) is 59.7 Å². The molecule has 5 heteroatoms. The van der Waals surface area contributed by atoms with Crippen molar-refractivity contribution in [1.29, 1.82) is 0 Å². The Morgan fingerprint density at radius 2 is 1.54 bits per heavy atom. The lowest BCUT2D eigenvalue weighted by molar-refractivity contribution is 0.0601. The molecule has 0 radical (unpaired) electrons. The molecule has 2 N–H and O–H groups in total. The van der Waals surface area contributed by atoms with Crippen LogP contribution in [0.15, 0.2) is 48.5 Å². The van der Waals surface area contributed by atoms with Crippen molar-refractivity contribution in [3.8, 4) is 0 Å². The molecule has 0 saturated heterocycles. The third-order valence-corrected chi connectivity index (χ3v) is 3.80. The second-order valence-corrected chi connectivity index (χ2v) is 5.86. The zero-order chi connectivity index (χ0) is 17.4. The van der Waals surface area contributed by atoms with Gasteiger partial charge in [0.2, 0.25) is 0 Å². The standard InChI is InChI=1S/C19H22N2O2S/c1-3-4-5-14-6-10-16(11-7-14)20-19(24)21-17-12-8-15(9-13-17)18(22)23-2/h6-13H,3-5H2,1-2H3,(H2,20,21,24). The minimum absolute atomic E-state index is 0.356. The molecule has 24 heavy (non-hydrogen) atoms. The average Bonchev–Trinajstić information content (AvgIpc) is 2.61. The van der Waals surface area contributed by atoms with Crippen LogP contribution in [-0.2, 0) is 11.2 Å². The Morgan fingerprint density at radius 3 is 2.04 bits per heavy atom. The van der Waals surface area contributed by atoms with Gasteiger partial charge in [-0.3, -0.25) is 0 Å². The fourth-order valence-electron chi connectivity index (χ4n) is 2.24. The van der Waals surface area contributed by atoms with Crippen LogP contribution < -0.4 is 10.6 Å². The maximum atomic E-state index is 11.4. The molecule has 0 heterocycles. The normalized spacial score (nSPS) is 10.1. The number of rotatable bonds is 6. The number of hydrogen-bond acceptors (Lipinski definition) is 3. The van der Waals surface area contributed by atoms with Gasteiger partial charge in [-0.1, -0.05) is 25.5 Å². The third-order valence-electron chi connectivity index (χ3n) is 3.59. The minimum atomic E-state index is -0.356. The van der Waals surface area contributed by atoms with Gasteiger partial charge in [0.25, 0.3) is 0 Å². The quantitative estimate of drug-likeness (QED) is 0.592. The molecule has 0 aliphatic carbocycles. The second kappa shape index (κ2) is 9.03. The lowest BCUT2D eigenvalue weighted by atomic mass is 10.1. The SMILES string of the molecule is CCCCc1ccc(NC(=S)Nc2ccc(C(=O)OC)cc2)cc1. The van der Waals surface area contributed by atoms with Gasteiger partial charge in [0.05, 0.1) is 12.7 Å². The molecule has 0 unspecified atom stereocenters. The molecule has 2 aromatic rings. The van der Waals surface area contributed by atoms with Crippen molar-refractivity contribution >= 4 is 34.7 Å². The molecule has 0 aromatic heterocycles. The zero-order valence-electron chi connectivity index (χ0n) is 14.0. The monoisotopic (exact) mass is 342 g/mol. The van der Waals surface area contributed by atoms with E-state index in [0.29, 0.717) is 10.7 Å². The summed E-state index contributed by atoms with van der Waals surface area (Å²) in [4.78, 5) is 11.4. The fourth-order valence-corrected chi connectivity index (χ4v) is 2.47. The molecule has 0 bridgehead atoms. The summed E-state index contributed by atoms with van der Waals surface area (Å²) in [5.41, 5.74) is 3.59. The maximum Gasteiger partial charge on any atom is 0.337 e. The first-order chi connectivity index (χ1) is 11.6. The molecule has 0 aliphatic rings. The van der Waals surface area contributed by atoms with Crippen molar-refractivity contribution in [3.63, 3.8) is 0 Å². The zero-order valence-corrected chi connectivity index (χ0v) is 14.8. The third kappa shape index (κ3) is 5.35. The number of unbranched alkanes of at least 4 members (excludes halogenated alkanes) is 1. The van der Waals surface area contributed by atoms with E-state index in [-0.39, 0.29) is 5.97 Å². The van der Waals surface area contributed by atoms with Crippen molar-refractivity contribution in [2.75, 3.05) is 17.7 Å². The van der Waals surface area contributed by atoms with Gasteiger partial charge in [-0.25, -0.2) is 4.79 Å². The highest BCUT2D eigenvalue weighted by molar-refractivity contribution is 7.80. The molecule has 0 saturated carbocycles. The van der Waals surface area contributed by atoms with E-state index in [1.165, 1.54) is 25.5 Å². The number of carbonyl (C=O) groups excluding carboxylic acids is 1. The summed E-state index contributed by atoms with van der Waals surface area (Å²) in [6, 6.07) is 15.2. The van der Waals surface area contributed by atoms with Crippen LogP contribution in [0.2, 0.25) is 0 Å². The predicted octanol–water partition coefficient (Wildman–Crippen LogP) is 4.62. The topological polar surface area (TPSA) is 50.4 Å². The second-order valence-electron chi connectivity index (χ2n) is 5.45. The molecule has 0 atom stereocenters. The number of thiocarbonyl (C=S) groups is 1. The number of esters is 1. The Hall–Kier alpha value is -2.40. The molecule has 0 aliphatic heterocycles. The highest BCUT2D eigenvalue weighted by atomic mass is 32.1. The first-order valence-electron chi connectivity index (χ1n) is 7.97. The van der Waals surface area contributed by atoms with E-state index in [9.17, 15) is 4.79 Å². The number of methoxy groups -OCH3 is 1. The van der Waals surface area contributed by atoms with E-state index in [4.69, 9.17) is 12.2 Å². The molecule has 0 fully saturated rings. The van der Waals surface area contributed by atoms with Crippen LogP contribution in [-0.4, -0.2) is 18.2 Å². The van der Waals surface area contributed by atoms with Crippen LogP contribution in [0.4, 0.5) is 11.4 Å². The number of aryl methyl sites for hydroxylation is 1. The van der Waals surface area contributed by atoms with Gasteiger partial charge in [0.15, 0.2) is 5.11 Å². The Bertz CT molecular complexity index is 682. The Balaban J connectivity index is 1.89. The Labute approximate surface area is 148 Å². The smallest absolute Gasteiger partial charge is 0.337 e. The summed E-state index contributed by atoms with van der Waals surface area (Å²) in [7, 11) is 1.36. The van der Waals surface area contributed by atoms with Crippen molar-refractivity contribution < 1.29 is 9.53 Å². The first-order valence-corrected chi connectivity index (χ1v) is 8.38. The summed E-state index contributed by atoms with van der Waals surface area (Å²) in [6.07, 6.45) is 3.50. The van der Waals surface area contributed by atoms with Gasteiger partial charge < -0.3 is 15.4 Å². The minimum Gasteiger partial charge on any atom is -0.465 e. The van der Waals surface area contributed by atoms with E-state index in [1.807, 2.05) is 12.1 Å². The van der Waals surface area contributed by atoms with Gasteiger partial charge in [-0.05, 0) is 67.0 Å². The Kier molecular flexibility index (Phi) is 6.75. The van der Waals surface area contributed by atoms with Gasteiger partial charge in [0.1, 0.15) is 0 Å². The number of ether oxygens (including phenoxy) is 1. The van der Waals surface area contributed by atoms with E-state index >= 15 is 0 Å². The summed E-state index contributed by atoms with van der Waals surface area (Å²) >= 11 is 5.31. The summed E-state index contributed by atoms with van der Waals surface area (Å²) in [5, 5.41) is 6.74. The van der Waals surface area contributed by atoms with Crippen LogP contribution in [0, 0.1) is 0 Å². The fraction of sp³-hybridized carbons (Fsp3) is 0.263. The lowest BCUT2D eigenvalue weighted by Gasteiger charge is -2.11. The molecule has 4 nitrogen and oxygen atoms in total. The van der Waals surface area contributed by atoms with Crippen molar-refractivity contribution in [2.24, 2.45) is 0 Å². The number of carbonyl (C=O) groups is 1. The number of hydrogen-bond donors (Lipinski definition) is 2. The van der Waals surface area contributed by atoms with E-state index in [2.05, 4.69) is 34.4 Å². The van der Waals surface area contributed by atoms with Gasteiger partial charge >= 0.3 is 5.97 Å². The molecular formula is C19H22N2O2S. The average molecular weight is 342 g/mol. The van der Waals surface area contributed by atoms with Gasteiger partial charge in [-0.15, -0.1) is 0 Å². The highest BCUT2D eigenvalue weighted by Gasteiger charge is 2.05. The van der Waals surface area contributed by atoms with E-state index < -0.39 is 0 Å². The number of benzene rings is 2. The molecule has 2 rings (SSSR count).